The Kier molecular flexibility index (Phi) is 5.06. The molecular weight excluding hydrogens is 280 g/mol. The highest BCUT2D eigenvalue weighted by atomic mass is 32.1. The lowest BCUT2D eigenvalue weighted by molar-refractivity contribution is -0.118. The minimum absolute atomic E-state index is 0.0851. The van der Waals surface area contributed by atoms with Crippen LogP contribution in [-0.4, -0.2) is 17.9 Å². The highest BCUT2D eigenvalue weighted by Crippen LogP contribution is 2.15. The molecule has 0 radical (unpaired) electrons. The zero-order valence-corrected chi connectivity index (χ0v) is 12.8. The van der Waals surface area contributed by atoms with Gasteiger partial charge in [0.15, 0.2) is 0 Å². The van der Waals surface area contributed by atoms with Crippen LogP contribution in [0.4, 0.5) is 5.69 Å². The molecule has 108 valence electrons. The number of carbonyl (C=O) groups is 1. The summed E-state index contributed by atoms with van der Waals surface area (Å²) in [6.45, 7) is 0. The van der Waals surface area contributed by atoms with Crippen molar-refractivity contribution in [3.05, 3.63) is 65.7 Å². The van der Waals surface area contributed by atoms with Crippen LogP contribution in [0.15, 0.2) is 54.6 Å². The van der Waals surface area contributed by atoms with Crippen molar-refractivity contribution >= 4 is 28.8 Å². The van der Waals surface area contributed by atoms with Gasteiger partial charge in [0.05, 0.1) is 0 Å². The van der Waals surface area contributed by atoms with E-state index in [0.717, 1.165) is 17.7 Å². The molecule has 2 aromatic carbocycles. The number of amides is 1. The predicted octanol–water partition coefficient (Wildman–Crippen LogP) is 2.92. The van der Waals surface area contributed by atoms with Gasteiger partial charge >= 0.3 is 0 Å². The van der Waals surface area contributed by atoms with Gasteiger partial charge in [-0.25, -0.2) is 0 Å². The molecule has 0 fully saturated rings. The molecule has 2 N–H and O–H groups in total. The van der Waals surface area contributed by atoms with Gasteiger partial charge in [0.25, 0.3) is 0 Å². The SMILES string of the molecule is CN(C(=O)CCc1ccccc1)c1ccc(C(N)=S)cc1. The third-order valence-electron chi connectivity index (χ3n) is 3.38. The fourth-order valence-corrected chi connectivity index (χ4v) is 2.19. The largest absolute Gasteiger partial charge is 0.389 e. The summed E-state index contributed by atoms with van der Waals surface area (Å²) in [7, 11) is 1.78. The molecule has 2 rings (SSSR count). The molecule has 3 nitrogen and oxygen atoms in total. The highest BCUT2D eigenvalue weighted by Gasteiger charge is 2.11. The standard InChI is InChI=1S/C17H18N2OS/c1-19(15-10-8-14(9-11-15)17(18)21)16(20)12-7-13-5-3-2-4-6-13/h2-6,8-11H,7,12H2,1H3,(H2,18,21). The summed E-state index contributed by atoms with van der Waals surface area (Å²) in [6, 6.07) is 17.4. The van der Waals surface area contributed by atoms with Crippen LogP contribution in [0, 0.1) is 0 Å². The topological polar surface area (TPSA) is 46.3 Å². The number of anilines is 1. The van der Waals surface area contributed by atoms with E-state index in [9.17, 15) is 4.79 Å². The first kappa shape index (κ1) is 15.2. The van der Waals surface area contributed by atoms with Crippen LogP contribution in [0.5, 0.6) is 0 Å². The first-order valence-electron chi connectivity index (χ1n) is 6.78. The van der Waals surface area contributed by atoms with Crippen molar-refractivity contribution in [2.45, 2.75) is 12.8 Å². The molecule has 0 heterocycles. The van der Waals surface area contributed by atoms with Crippen molar-refractivity contribution in [1.29, 1.82) is 0 Å². The molecule has 0 bridgehead atoms. The molecule has 0 aliphatic rings. The zero-order chi connectivity index (χ0) is 15.2. The van der Waals surface area contributed by atoms with Crippen LogP contribution in [0.25, 0.3) is 0 Å². The highest BCUT2D eigenvalue weighted by molar-refractivity contribution is 7.80. The Labute approximate surface area is 130 Å². The lowest BCUT2D eigenvalue weighted by Crippen LogP contribution is -2.26. The van der Waals surface area contributed by atoms with Crippen molar-refractivity contribution in [3.8, 4) is 0 Å². The van der Waals surface area contributed by atoms with Gasteiger partial charge in [-0.15, -0.1) is 0 Å². The molecule has 0 aliphatic carbocycles. The normalized spacial score (nSPS) is 10.1. The van der Waals surface area contributed by atoms with Crippen LogP contribution in [-0.2, 0) is 11.2 Å². The van der Waals surface area contributed by atoms with E-state index in [-0.39, 0.29) is 5.91 Å². The molecule has 4 heteroatoms. The fraction of sp³-hybridized carbons (Fsp3) is 0.176. The second-order valence-electron chi connectivity index (χ2n) is 4.85. The van der Waals surface area contributed by atoms with Crippen LogP contribution in [0.2, 0.25) is 0 Å². The van der Waals surface area contributed by atoms with Crippen molar-refractivity contribution in [1.82, 2.24) is 0 Å². The fourth-order valence-electron chi connectivity index (χ4n) is 2.06. The summed E-state index contributed by atoms with van der Waals surface area (Å²) in [5, 5.41) is 0. The Balaban J connectivity index is 1.97. The van der Waals surface area contributed by atoms with Gasteiger partial charge in [-0.05, 0) is 36.2 Å². The van der Waals surface area contributed by atoms with Crippen LogP contribution < -0.4 is 10.6 Å². The van der Waals surface area contributed by atoms with E-state index in [1.165, 1.54) is 5.56 Å². The Morgan fingerprint density at radius 1 is 1.10 bits per heavy atom. The number of hydrogen-bond acceptors (Lipinski definition) is 2. The quantitative estimate of drug-likeness (QED) is 0.863. The molecule has 2 aromatic rings. The Hall–Kier alpha value is -2.20. The Bertz CT molecular complexity index is 623. The molecule has 0 spiro atoms. The predicted molar refractivity (Wildman–Crippen MR) is 90.5 cm³/mol. The van der Waals surface area contributed by atoms with E-state index < -0.39 is 0 Å². The summed E-state index contributed by atoms with van der Waals surface area (Å²) < 4.78 is 0. The van der Waals surface area contributed by atoms with E-state index in [1.54, 1.807) is 11.9 Å². The molecule has 0 saturated heterocycles. The average Bonchev–Trinajstić information content (AvgIpc) is 2.53. The van der Waals surface area contributed by atoms with Gasteiger partial charge in [0.1, 0.15) is 4.99 Å². The van der Waals surface area contributed by atoms with Gasteiger partial charge in [-0.1, -0.05) is 42.5 Å². The second-order valence-corrected chi connectivity index (χ2v) is 5.29. The lowest BCUT2D eigenvalue weighted by atomic mass is 10.1. The van der Waals surface area contributed by atoms with E-state index >= 15 is 0 Å². The summed E-state index contributed by atoms with van der Waals surface area (Å²) in [5.41, 5.74) is 8.38. The van der Waals surface area contributed by atoms with Crippen molar-refractivity contribution in [3.63, 3.8) is 0 Å². The maximum atomic E-state index is 12.2. The van der Waals surface area contributed by atoms with Crippen LogP contribution in [0.1, 0.15) is 17.5 Å². The third-order valence-corrected chi connectivity index (χ3v) is 3.62. The third kappa shape index (κ3) is 4.13. The summed E-state index contributed by atoms with van der Waals surface area (Å²) in [5.74, 6) is 0.0851. The van der Waals surface area contributed by atoms with Crippen LogP contribution in [0.3, 0.4) is 0 Å². The summed E-state index contributed by atoms with van der Waals surface area (Å²) in [6.07, 6.45) is 1.23. The second kappa shape index (κ2) is 6.99. The number of nitrogens with two attached hydrogens (primary N) is 1. The first-order valence-corrected chi connectivity index (χ1v) is 7.19. The average molecular weight is 298 g/mol. The van der Waals surface area contributed by atoms with Gasteiger partial charge in [0.2, 0.25) is 5.91 Å². The summed E-state index contributed by atoms with van der Waals surface area (Å²) >= 11 is 4.92. The van der Waals surface area contributed by atoms with Gasteiger partial charge < -0.3 is 10.6 Å². The van der Waals surface area contributed by atoms with E-state index in [1.807, 2.05) is 54.6 Å². The number of rotatable bonds is 5. The Morgan fingerprint density at radius 2 is 1.71 bits per heavy atom. The van der Waals surface area contributed by atoms with Crippen molar-refractivity contribution in [2.24, 2.45) is 5.73 Å². The first-order chi connectivity index (χ1) is 10.1. The molecule has 0 unspecified atom stereocenters. The minimum atomic E-state index is 0.0851. The maximum Gasteiger partial charge on any atom is 0.227 e. The zero-order valence-electron chi connectivity index (χ0n) is 12.0. The smallest absolute Gasteiger partial charge is 0.227 e. The maximum absolute atomic E-state index is 12.2. The van der Waals surface area contributed by atoms with E-state index in [4.69, 9.17) is 18.0 Å². The Morgan fingerprint density at radius 3 is 2.29 bits per heavy atom. The monoisotopic (exact) mass is 298 g/mol. The molecule has 0 saturated carbocycles. The molecule has 21 heavy (non-hydrogen) atoms. The van der Waals surface area contributed by atoms with Crippen molar-refractivity contribution < 1.29 is 4.79 Å². The van der Waals surface area contributed by atoms with Crippen LogP contribution >= 0.6 is 12.2 Å². The number of benzene rings is 2. The molecule has 0 aromatic heterocycles. The van der Waals surface area contributed by atoms with Crippen molar-refractivity contribution in [2.75, 3.05) is 11.9 Å². The molecule has 1 amide bonds. The molecule has 0 atom stereocenters. The van der Waals surface area contributed by atoms with E-state index in [2.05, 4.69) is 0 Å². The number of nitrogens with zero attached hydrogens (tertiary/aromatic N) is 1. The lowest BCUT2D eigenvalue weighted by Gasteiger charge is -2.17. The number of carbonyl (C=O) groups excluding carboxylic acids is 1. The minimum Gasteiger partial charge on any atom is -0.389 e. The van der Waals surface area contributed by atoms with Gasteiger partial charge in [-0.3, -0.25) is 4.79 Å². The number of aryl methyl sites for hydroxylation is 1. The molecule has 0 aliphatic heterocycles. The summed E-state index contributed by atoms with van der Waals surface area (Å²) in [4.78, 5) is 14.2. The van der Waals surface area contributed by atoms with E-state index in [0.29, 0.717) is 11.4 Å². The number of hydrogen-bond donors (Lipinski definition) is 1. The van der Waals surface area contributed by atoms with Gasteiger partial charge in [-0.2, -0.15) is 0 Å². The number of thiocarbonyl (C=S) groups is 1. The molecular formula is C17H18N2OS. The van der Waals surface area contributed by atoms with Gasteiger partial charge in [0, 0.05) is 24.7 Å².